The van der Waals surface area contributed by atoms with Gasteiger partial charge in [-0.2, -0.15) is 0 Å². The summed E-state index contributed by atoms with van der Waals surface area (Å²) in [5, 5.41) is 5.43. The zero-order valence-corrected chi connectivity index (χ0v) is 18.1. The summed E-state index contributed by atoms with van der Waals surface area (Å²) in [7, 11) is 0. The zero-order valence-electron chi connectivity index (χ0n) is 17.2. The van der Waals surface area contributed by atoms with Crippen LogP contribution in [0.15, 0.2) is 23.6 Å². The number of para-hydroxylation sites is 1. The van der Waals surface area contributed by atoms with Crippen molar-refractivity contribution in [3.63, 3.8) is 0 Å². The van der Waals surface area contributed by atoms with Crippen molar-refractivity contribution in [3.05, 3.63) is 45.4 Å². The second-order valence-corrected chi connectivity index (χ2v) is 8.09. The van der Waals surface area contributed by atoms with Crippen LogP contribution in [0.4, 0.5) is 10.5 Å². The molecule has 0 aliphatic heterocycles. The minimum atomic E-state index is -0.432. The van der Waals surface area contributed by atoms with Crippen molar-refractivity contribution >= 4 is 29.0 Å². The monoisotopic (exact) mass is 403 g/mol. The molecule has 0 unspecified atom stereocenters. The number of hydrogen-bond acceptors (Lipinski definition) is 5. The lowest BCUT2D eigenvalue weighted by Gasteiger charge is -2.24. The lowest BCUT2D eigenvalue weighted by Crippen LogP contribution is -2.36. The largest absolute Gasteiger partial charge is 0.461 e. The van der Waals surface area contributed by atoms with E-state index in [9.17, 15) is 9.59 Å². The van der Waals surface area contributed by atoms with Crippen LogP contribution in [0.5, 0.6) is 0 Å². The minimum Gasteiger partial charge on any atom is -0.461 e. The number of aryl methyl sites for hydroxylation is 2. The number of esters is 1. The quantitative estimate of drug-likeness (QED) is 0.629. The number of nitrogens with one attached hydrogen (secondary N) is 1. The Morgan fingerprint density at radius 2 is 1.93 bits per heavy atom. The molecule has 0 aliphatic rings. The average Bonchev–Trinajstić information content (AvgIpc) is 3.10. The number of anilines is 1. The number of ether oxygens (including phenoxy) is 1. The highest BCUT2D eigenvalue weighted by Gasteiger charge is 2.19. The number of urea groups is 1. The van der Waals surface area contributed by atoms with Crippen LogP contribution in [0.25, 0.3) is 0 Å². The van der Waals surface area contributed by atoms with Crippen molar-refractivity contribution in [2.75, 3.05) is 18.5 Å². The molecular weight excluding hydrogens is 374 g/mol. The van der Waals surface area contributed by atoms with Gasteiger partial charge in [-0.3, -0.25) is 0 Å². The Hall–Kier alpha value is -2.41. The number of carbonyl (C=O) groups excluding carboxylic acids is 2. The fraction of sp³-hybridized carbons (Fsp3) is 0.476. The van der Waals surface area contributed by atoms with Gasteiger partial charge in [-0.05, 0) is 44.2 Å². The predicted molar refractivity (Wildman–Crippen MR) is 113 cm³/mol. The summed E-state index contributed by atoms with van der Waals surface area (Å²) in [5.74, 6) is 0.0422. The number of carbonyl (C=O) groups is 2. The lowest BCUT2D eigenvalue weighted by molar-refractivity contribution is 0.0520. The SMILES string of the molecule is CCOC(=O)c1csc(CN(CCC(C)C)C(=O)Nc2c(C)cccc2C)n1. The summed E-state index contributed by atoms with van der Waals surface area (Å²) in [5.41, 5.74) is 3.18. The molecule has 1 aromatic heterocycles. The molecule has 0 bridgehead atoms. The normalized spacial score (nSPS) is 10.8. The van der Waals surface area contributed by atoms with Gasteiger partial charge in [0.2, 0.25) is 0 Å². The van der Waals surface area contributed by atoms with Gasteiger partial charge in [0, 0.05) is 17.6 Å². The molecule has 0 aliphatic carbocycles. The standard InChI is InChI=1S/C21H29N3O3S/c1-6-27-20(25)17-13-28-18(22-17)12-24(11-10-14(2)3)21(26)23-19-15(4)8-7-9-16(19)5/h7-9,13-14H,6,10-12H2,1-5H3,(H,23,26). The van der Waals surface area contributed by atoms with E-state index in [1.807, 2.05) is 32.0 Å². The van der Waals surface area contributed by atoms with Gasteiger partial charge in [0.15, 0.2) is 5.69 Å². The van der Waals surface area contributed by atoms with Crippen LogP contribution in [-0.2, 0) is 11.3 Å². The second kappa shape index (κ2) is 10.2. The Morgan fingerprint density at radius 1 is 1.25 bits per heavy atom. The maximum absolute atomic E-state index is 13.0. The van der Waals surface area contributed by atoms with Gasteiger partial charge < -0.3 is 15.0 Å². The Bertz CT molecular complexity index is 797. The Balaban J connectivity index is 2.15. The van der Waals surface area contributed by atoms with Crippen molar-refractivity contribution in [3.8, 4) is 0 Å². The molecule has 6 nitrogen and oxygen atoms in total. The number of hydrogen-bond donors (Lipinski definition) is 1. The van der Waals surface area contributed by atoms with Gasteiger partial charge in [-0.15, -0.1) is 11.3 Å². The van der Waals surface area contributed by atoms with E-state index in [2.05, 4.69) is 24.1 Å². The molecule has 1 heterocycles. The van der Waals surface area contributed by atoms with Crippen LogP contribution >= 0.6 is 11.3 Å². The van der Waals surface area contributed by atoms with Crippen molar-refractivity contribution in [2.45, 2.75) is 47.6 Å². The highest BCUT2D eigenvalue weighted by atomic mass is 32.1. The third-order valence-corrected chi connectivity index (χ3v) is 5.17. The molecule has 0 saturated heterocycles. The highest BCUT2D eigenvalue weighted by molar-refractivity contribution is 7.09. The fourth-order valence-electron chi connectivity index (χ4n) is 2.71. The van der Waals surface area contributed by atoms with E-state index in [0.717, 1.165) is 23.2 Å². The first-order chi connectivity index (χ1) is 13.3. The van der Waals surface area contributed by atoms with Crippen molar-refractivity contribution in [2.24, 2.45) is 5.92 Å². The first-order valence-electron chi connectivity index (χ1n) is 9.55. The first kappa shape index (κ1) is 21.9. The van der Waals surface area contributed by atoms with Crippen LogP contribution in [0.3, 0.4) is 0 Å². The second-order valence-electron chi connectivity index (χ2n) is 7.15. The topological polar surface area (TPSA) is 71.5 Å². The Labute approximate surface area is 170 Å². The third kappa shape index (κ3) is 6.05. The summed E-state index contributed by atoms with van der Waals surface area (Å²) in [6.07, 6.45) is 0.885. The molecule has 0 spiro atoms. The van der Waals surface area contributed by atoms with E-state index in [1.165, 1.54) is 11.3 Å². The highest BCUT2D eigenvalue weighted by Crippen LogP contribution is 2.21. The molecule has 0 radical (unpaired) electrons. The molecule has 1 aromatic carbocycles. The lowest BCUT2D eigenvalue weighted by atomic mass is 10.1. The molecule has 2 rings (SSSR count). The fourth-order valence-corrected chi connectivity index (χ4v) is 3.49. The van der Waals surface area contributed by atoms with E-state index in [1.54, 1.807) is 17.2 Å². The molecule has 28 heavy (non-hydrogen) atoms. The molecule has 152 valence electrons. The average molecular weight is 404 g/mol. The smallest absolute Gasteiger partial charge is 0.357 e. The van der Waals surface area contributed by atoms with Crippen LogP contribution in [0.2, 0.25) is 0 Å². The maximum Gasteiger partial charge on any atom is 0.357 e. The summed E-state index contributed by atoms with van der Waals surface area (Å²) >= 11 is 1.36. The van der Waals surface area contributed by atoms with Crippen molar-refractivity contribution in [1.82, 2.24) is 9.88 Å². The molecule has 0 fully saturated rings. The zero-order chi connectivity index (χ0) is 20.7. The minimum absolute atomic E-state index is 0.161. The summed E-state index contributed by atoms with van der Waals surface area (Å²) in [6.45, 7) is 11.3. The molecule has 2 aromatic rings. The number of rotatable bonds is 8. The van der Waals surface area contributed by atoms with E-state index >= 15 is 0 Å². The predicted octanol–water partition coefficient (Wildman–Crippen LogP) is 5.02. The Kier molecular flexibility index (Phi) is 7.99. The van der Waals surface area contributed by atoms with E-state index in [0.29, 0.717) is 36.3 Å². The molecule has 7 heteroatoms. The van der Waals surface area contributed by atoms with Gasteiger partial charge in [-0.25, -0.2) is 14.6 Å². The van der Waals surface area contributed by atoms with Crippen molar-refractivity contribution in [1.29, 1.82) is 0 Å². The third-order valence-electron chi connectivity index (χ3n) is 4.34. The van der Waals surface area contributed by atoms with Gasteiger partial charge in [0.1, 0.15) is 5.01 Å². The number of thiazole rings is 1. The van der Waals surface area contributed by atoms with E-state index < -0.39 is 5.97 Å². The van der Waals surface area contributed by atoms with Crippen molar-refractivity contribution < 1.29 is 14.3 Å². The number of nitrogens with zero attached hydrogens (tertiary/aromatic N) is 2. The number of amides is 2. The molecule has 0 saturated carbocycles. The summed E-state index contributed by atoms with van der Waals surface area (Å²) in [6, 6.07) is 5.77. The Morgan fingerprint density at radius 3 is 2.54 bits per heavy atom. The van der Waals surface area contributed by atoms with E-state index in [-0.39, 0.29) is 6.03 Å². The summed E-state index contributed by atoms with van der Waals surface area (Å²) < 4.78 is 4.99. The van der Waals surface area contributed by atoms with Gasteiger partial charge in [0.25, 0.3) is 0 Å². The molecule has 2 amide bonds. The molecular formula is C21H29N3O3S. The van der Waals surface area contributed by atoms with Gasteiger partial charge >= 0.3 is 12.0 Å². The number of benzene rings is 1. The van der Waals surface area contributed by atoms with Crippen LogP contribution < -0.4 is 5.32 Å². The molecule has 0 atom stereocenters. The van der Waals surface area contributed by atoms with E-state index in [4.69, 9.17) is 4.74 Å². The van der Waals surface area contributed by atoms with Crippen LogP contribution in [0, 0.1) is 19.8 Å². The number of aromatic nitrogens is 1. The van der Waals surface area contributed by atoms with Gasteiger partial charge in [0.05, 0.1) is 13.2 Å². The summed E-state index contributed by atoms with van der Waals surface area (Å²) in [4.78, 5) is 30.9. The first-order valence-corrected chi connectivity index (χ1v) is 10.4. The molecule has 1 N–H and O–H groups in total. The maximum atomic E-state index is 13.0. The van der Waals surface area contributed by atoms with Crippen LogP contribution in [-0.4, -0.2) is 35.0 Å². The van der Waals surface area contributed by atoms with Gasteiger partial charge in [-0.1, -0.05) is 32.0 Å². The van der Waals surface area contributed by atoms with Crippen LogP contribution in [0.1, 0.15) is 53.8 Å².